The number of nitrogens with zero attached hydrogens (tertiary/aromatic N) is 1. The van der Waals surface area contributed by atoms with Gasteiger partial charge in [0.15, 0.2) is 0 Å². The molecule has 0 radical (unpaired) electrons. The number of benzene rings is 1. The Hall–Kier alpha value is -1.15. The number of hydrogen-bond donors (Lipinski definition) is 1. The molecule has 3 rings (SSSR count). The van der Waals surface area contributed by atoms with Crippen molar-refractivity contribution in [3.05, 3.63) is 55.7 Å². The average Bonchev–Trinajstić information content (AvgIpc) is 2.86. The van der Waals surface area contributed by atoms with E-state index in [1.54, 1.807) is 0 Å². The first-order valence-electron chi connectivity index (χ1n) is 6.77. The molecule has 4 heteroatoms. The van der Waals surface area contributed by atoms with Gasteiger partial charge in [-0.2, -0.15) is 5.26 Å². The maximum absolute atomic E-state index is 8.80. The van der Waals surface area contributed by atoms with Crippen molar-refractivity contribution in [3.8, 4) is 6.07 Å². The third kappa shape index (κ3) is 2.95. The van der Waals surface area contributed by atoms with Crippen LogP contribution in [0.4, 0.5) is 0 Å². The molecular formula is C16H15BrN2S. The van der Waals surface area contributed by atoms with E-state index < -0.39 is 0 Å². The minimum atomic E-state index is 0.456. The predicted molar refractivity (Wildman–Crippen MR) is 85.7 cm³/mol. The van der Waals surface area contributed by atoms with Crippen LogP contribution in [0, 0.1) is 11.3 Å². The molecule has 1 aliphatic rings. The van der Waals surface area contributed by atoms with Crippen molar-refractivity contribution in [1.82, 2.24) is 5.32 Å². The number of thiophene rings is 1. The lowest BCUT2D eigenvalue weighted by Gasteiger charge is -2.23. The number of fused-ring (bicyclic) bond motifs is 1. The lowest BCUT2D eigenvalue weighted by molar-refractivity contribution is 0.463. The van der Waals surface area contributed by atoms with Gasteiger partial charge in [0.1, 0.15) is 0 Å². The SMILES string of the molecule is N#Cc1ccc(CNC2CCCc3sc(Br)cc32)cc1. The molecule has 1 aromatic heterocycles. The molecular weight excluding hydrogens is 332 g/mol. The van der Waals surface area contributed by atoms with E-state index in [1.807, 2.05) is 35.6 Å². The summed E-state index contributed by atoms with van der Waals surface area (Å²) >= 11 is 5.45. The van der Waals surface area contributed by atoms with Gasteiger partial charge in [-0.3, -0.25) is 0 Å². The maximum atomic E-state index is 8.80. The molecule has 0 saturated heterocycles. The highest BCUT2D eigenvalue weighted by molar-refractivity contribution is 9.11. The molecule has 0 fully saturated rings. The number of nitrogens with one attached hydrogen (secondary N) is 1. The molecule has 0 aliphatic heterocycles. The van der Waals surface area contributed by atoms with Crippen LogP contribution in [0.1, 0.15) is 40.5 Å². The Morgan fingerprint density at radius 1 is 1.35 bits per heavy atom. The summed E-state index contributed by atoms with van der Waals surface area (Å²) in [6.45, 7) is 0.850. The van der Waals surface area contributed by atoms with E-state index >= 15 is 0 Å². The summed E-state index contributed by atoms with van der Waals surface area (Å²) in [4.78, 5) is 1.51. The van der Waals surface area contributed by atoms with Gasteiger partial charge in [-0.25, -0.2) is 0 Å². The zero-order valence-electron chi connectivity index (χ0n) is 11.0. The van der Waals surface area contributed by atoms with E-state index in [2.05, 4.69) is 33.4 Å². The number of rotatable bonds is 3. The molecule has 1 unspecified atom stereocenters. The van der Waals surface area contributed by atoms with Crippen molar-refractivity contribution in [3.63, 3.8) is 0 Å². The van der Waals surface area contributed by atoms with Crippen molar-refractivity contribution >= 4 is 27.3 Å². The van der Waals surface area contributed by atoms with Gasteiger partial charge in [-0.15, -0.1) is 11.3 Å². The molecule has 0 bridgehead atoms. The third-order valence-electron chi connectivity index (χ3n) is 3.72. The van der Waals surface area contributed by atoms with Gasteiger partial charge in [-0.05, 0) is 64.5 Å². The standard InChI is InChI=1S/C16H15BrN2S/c17-16-8-13-14(2-1-3-15(13)20-16)19-10-12-6-4-11(9-18)5-7-12/h4-8,14,19H,1-3,10H2. The first kappa shape index (κ1) is 13.8. The fraction of sp³-hybridized carbons (Fsp3) is 0.312. The highest BCUT2D eigenvalue weighted by Gasteiger charge is 2.22. The molecule has 102 valence electrons. The number of aryl methyl sites for hydroxylation is 1. The first-order chi connectivity index (χ1) is 9.76. The summed E-state index contributed by atoms with van der Waals surface area (Å²) in [7, 11) is 0. The molecule has 0 saturated carbocycles. The molecule has 20 heavy (non-hydrogen) atoms. The Morgan fingerprint density at radius 2 is 2.15 bits per heavy atom. The van der Waals surface area contributed by atoms with Crippen LogP contribution < -0.4 is 5.32 Å². The van der Waals surface area contributed by atoms with Crippen LogP contribution >= 0.6 is 27.3 Å². The van der Waals surface area contributed by atoms with Crippen LogP contribution in [0.3, 0.4) is 0 Å². The number of hydrogen-bond acceptors (Lipinski definition) is 3. The summed E-state index contributed by atoms with van der Waals surface area (Å²) in [5.74, 6) is 0. The highest BCUT2D eigenvalue weighted by Crippen LogP contribution is 2.38. The summed E-state index contributed by atoms with van der Waals surface area (Å²) in [6, 6.07) is 12.7. The Balaban J connectivity index is 1.68. The average molecular weight is 347 g/mol. The van der Waals surface area contributed by atoms with E-state index in [9.17, 15) is 0 Å². The Morgan fingerprint density at radius 3 is 2.90 bits per heavy atom. The van der Waals surface area contributed by atoms with Gasteiger partial charge in [0.05, 0.1) is 15.4 Å². The molecule has 0 amide bonds. The summed E-state index contributed by atoms with van der Waals surface area (Å²) < 4.78 is 1.23. The van der Waals surface area contributed by atoms with Crippen LogP contribution in [0.2, 0.25) is 0 Å². The second-order valence-corrected chi connectivity index (χ2v) is 7.58. The van der Waals surface area contributed by atoms with Crippen LogP contribution in [0.25, 0.3) is 0 Å². The Bertz CT molecular complexity index is 639. The minimum absolute atomic E-state index is 0.456. The number of halogens is 1. The zero-order chi connectivity index (χ0) is 13.9. The van der Waals surface area contributed by atoms with Crippen molar-refractivity contribution in [2.45, 2.75) is 31.8 Å². The van der Waals surface area contributed by atoms with Crippen molar-refractivity contribution in [2.24, 2.45) is 0 Å². The third-order valence-corrected chi connectivity index (χ3v) is 5.43. The van der Waals surface area contributed by atoms with Gasteiger partial charge < -0.3 is 5.32 Å². The molecule has 2 nitrogen and oxygen atoms in total. The zero-order valence-corrected chi connectivity index (χ0v) is 13.4. The summed E-state index contributed by atoms with van der Waals surface area (Å²) in [5.41, 5.74) is 3.41. The molecule has 1 N–H and O–H groups in total. The molecule has 1 aliphatic carbocycles. The van der Waals surface area contributed by atoms with E-state index in [1.165, 1.54) is 39.1 Å². The topological polar surface area (TPSA) is 35.8 Å². The predicted octanol–water partition coefficient (Wildman–Crippen LogP) is 4.55. The Kier molecular flexibility index (Phi) is 4.21. The summed E-state index contributed by atoms with van der Waals surface area (Å²) in [5, 5.41) is 12.5. The second-order valence-electron chi connectivity index (χ2n) is 5.06. The van der Waals surface area contributed by atoms with Crippen molar-refractivity contribution in [2.75, 3.05) is 0 Å². The fourth-order valence-corrected chi connectivity index (χ4v) is 4.49. The lowest BCUT2D eigenvalue weighted by atomic mass is 9.94. The lowest BCUT2D eigenvalue weighted by Crippen LogP contribution is -2.23. The van der Waals surface area contributed by atoms with E-state index in [0.29, 0.717) is 6.04 Å². The summed E-state index contributed by atoms with van der Waals surface area (Å²) in [6.07, 6.45) is 3.66. The van der Waals surface area contributed by atoms with Crippen LogP contribution in [-0.4, -0.2) is 0 Å². The van der Waals surface area contributed by atoms with E-state index in [-0.39, 0.29) is 0 Å². The van der Waals surface area contributed by atoms with Gasteiger partial charge in [0, 0.05) is 17.5 Å². The van der Waals surface area contributed by atoms with Gasteiger partial charge >= 0.3 is 0 Å². The van der Waals surface area contributed by atoms with Crippen molar-refractivity contribution in [1.29, 1.82) is 5.26 Å². The normalized spacial score (nSPS) is 17.5. The molecule has 1 atom stereocenters. The molecule has 1 aromatic carbocycles. The fourth-order valence-electron chi connectivity index (χ4n) is 2.67. The maximum Gasteiger partial charge on any atom is 0.0991 e. The van der Waals surface area contributed by atoms with Crippen LogP contribution in [-0.2, 0) is 13.0 Å². The molecule has 2 aromatic rings. The van der Waals surface area contributed by atoms with Crippen molar-refractivity contribution < 1.29 is 0 Å². The minimum Gasteiger partial charge on any atom is -0.306 e. The smallest absolute Gasteiger partial charge is 0.0991 e. The van der Waals surface area contributed by atoms with Gasteiger partial charge in [0.25, 0.3) is 0 Å². The highest BCUT2D eigenvalue weighted by atomic mass is 79.9. The van der Waals surface area contributed by atoms with Gasteiger partial charge in [0.2, 0.25) is 0 Å². The van der Waals surface area contributed by atoms with Crippen LogP contribution in [0.15, 0.2) is 34.1 Å². The Labute approximate surface area is 131 Å². The monoisotopic (exact) mass is 346 g/mol. The first-order valence-corrected chi connectivity index (χ1v) is 8.38. The molecule has 0 spiro atoms. The van der Waals surface area contributed by atoms with E-state index in [4.69, 9.17) is 5.26 Å². The second kappa shape index (κ2) is 6.09. The van der Waals surface area contributed by atoms with Crippen LogP contribution in [0.5, 0.6) is 0 Å². The molecule has 1 heterocycles. The van der Waals surface area contributed by atoms with E-state index in [0.717, 1.165) is 12.1 Å². The number of nitriles is 1. The largest absolute Gasteiger partial charge is 0.306 e. The van der Waals surface area contributed by atoms with Gasteiger partial charge in [-0.1, -0.05) is 12.1 Å². The quantitative estimate of drug-likeness (QED) is 0.884.